The molecular weight excluding hydrogens is 337 g/mol. The number of likely N-dealkylation sites (N-methyl/N-ethyl adjacent to an activating group) is 1. The first-order chi connectivity index (χ1) is 10.3. The van der Waals surface area contributed by atoms with Gasteiger partial charge < -0.3 is 16.0 Å². The molecule has 0 fully saturated rings. The van der Waals surface area contributed by atoms with E-state index in [-0.39, 0.29) is 36.2 Å². The summed E-state index contributed by atoms with van der Waals surface area (Å²) in [5.74, 6) is -0.487. The summed E-state index contributed by atoms with van der Waals surface area (Å²) >= 11 is 6.08. The summed E-state index contributed by atoms with van der Waals surface area (Å²) in [5.41, 5.74) is 0.917. The number of nitrogens with one attached hydrogen (secondary N) is 3. The van der Waals surface area contributed by atoms with Crippen LogP contribution in [0.4, 0.5) is 5.69 Å². The molecule has 0 aliphatic rings. The molecule has 0 aliphatic carbocycles. The molecule has 0 aliphatic heterocycles. The summed E-state index contributed by atoms with van der Waals surface area (Å²) in [5, 5.41) is 9.16. The maximum atomic E-state index is 12.2. The number of rotatable bonds is 7. The molecule has 0 bridgehead atoms. The minimum Gasteiger partial charge on any atom is -0.350 e. The number of benzene rings is 1. The van der Waals surface area contributed by atoms with Crippen molar-refractivity contribution >= 4 is 41.5 Å². The molecule has 3 N–H and O–H groups in total. The van der Waals surface area contributed by atoms with E-state index in [0.717, 1.165) is 6.54 Å². The highest BCUT2D eigenvalue weighted by atomic mass is 35.5. The van der Waals surface area contributed by atoms with Crippen LogP contribution in [0, 0.1) is 5.92 Å². The van der Waals surface area contributed by atoms with Gasteiger partial charge in [0.1, 0.15) is 0 Å². The summed E-state index contributed by atoms with van der Waals surface area (Å²) in [7, 11) is 0. The third-order valence-electron chi connectivity index (χ3n) is 3.12. The lowest BCUT2D eigenvalue weighted by atomic mass is 10.1. The molecular formula is C16H25Cl2N3O2. The van der Waals surface area contributed by atoms with Crippen molar-refractivity contribution in [3.05, 3.63) is 28.8 Å². The highest BCUT2D eigenvalue weighted by Gasteiger charge is 2.14. The normalized spacial score (nSPS) is 11.6. The molecule has 1 aromatic rings. The standard InChI is InChI=1S/C16H24ClN3O2.ClH/c1-5-18-11(4)9-19-16(22)13-8-12(6-7-14(13)17)20-15(21)10(2)3;/h6-8,10-11,18H,5,9H2,1-4H3,(H,19,22)(H,20,21);1H/t11-;/m1./s1. The van der Waals surface area contributed by atoms with Gasteiger partial charge in [-0.25, -0.2) is 0 Å². The predicted octanol–water partition coefficient (Wildman–Crippen LogP) is 3.08. The molecule has 0 saturated heterocycles. The van der Waals surface area contributed by atoms with Gasteiger partial charge in [0.25, 0.3) is 5.91 Å². The second-order valence-electron chi connectivity index (χ2n) is 5.51. The van der Waals surface area contributed by atoms with Crippen LogP contribution in [-0.2, 0) is 4.79 Å². The lowest BCUT2D eigenvalue weighted by molar-refractivity contribution is -0.118. The van der Waals surface area contributed by atoms with Crippen LogP contribution in [0.1, 0.15) is 38.1 Å². The predicted molar refractivity (Wildman–Crippen MR) is 97.6 cm³/mol. The van der Waals surface area contributed by atoms with Crippen LogP contribution in [0.25, 0.3) is 0 Å². The Morgan fingerprint density at radius 3 is 2.43 bits per heavy atom. The Hall–Kier alpha value is -1.30. The zero-order chi connectivity index (χ0) is 16.7. The second-order valence-corrected chi connectivity index (χ2v) is 5.91. The number of amides is 2. The third-order valence-corrected chi connectivity index (χ3v) is 3.45. The average molecular weight is 362 g/mol. The Labute approximate surface area is 149 Å². The molecule has 0 heterocycles. The topological polar surface area (TPSA) is 70.2 Å². The van der Waals surface area contributed by atoms with Crippen LogP contribution in [0.5, 0.6) is 0 Å². The number of carbonyl (C=O) groups is 2. The lowest BCUT2D eigenvalue weighted by Crippen LogP contribution is -2.38. The molecule has 1 aromatic carbocycles. The molecule has 0 unspecified atom stereocenters. The van der Waals surface area contributed by atoms with Crippen molar-refractivity contribution in [1.82, 2.24) is 10.6 Å². The van der Waals surface area contributed by atoms with Crippen molar-refractivity contribution in [3.63, 3.8) is 0 Å². The SMILES string of the molecule is CCN[C@H](C)CNC(=O)c1cc(NC(=O)C(C)C)ccc1Cl.Cl. The van der Waals surface area contributed by atoms with E-state index < -0.39 is 0 Å². The Morgan fingerprint density at radius 1 is 1.22 bits per heavy atom. The third kappa shape index (κ3) is 7.20. The van der Waals surface area contributed by atoms with E-state index >= 15 is 0 Å². The summed E-state index contributed by atoms with van der Waals surface area (Å²) in [6, 6.07) is 5.06. The van der Waals surface area contributed by atoms with E-state index in [1.165, 1.54) is 0 Å². The van der Waals surface area contributed by atoms with Gasteiger partial charge in [-0.15, -0.1) is 12.4 Å². The fourth-order valence-corrected chi connectivity index (χ4v) is 2.03. The molecule has 0 radical (unpaired) electrons. The summed E-state index contributed by atoms with van der Waals surface area (Å²) < 4.78 is 0. The Morgan fingerprint density at radius 2 is 1.87 bits per heavy atom. The average Bonchev–Trinajstić information content (AvgIpc) is 2.46. The van der Waals surface area contributed by atoms with Gasteiger partial charge in [-0.2, -0.15) is 0 Å². The highest BCUT2D eigenvalue weighted by molar-refractivity contribution is 6.34. The number of carbonyl (C=O) groups excluding carboxylic acids is 2. The number of hydrogen-bond acceptors (Lipinski definition) is 3. The molecule has 23 heavy (non-hydrogen) atoms. The molecule has 5 nitrogen and oxygen atoms in total. The van der Waals surface area contributed by atoms with E-state index in [9.17, 15) is 9.59 Å². The van der Waals surface area contributed by atoms with Gasteiger partial charge in [0, 0.05) is 24.2 Å². The smallest absolute Gasteiger partial charge is 0.252 e. The van der Waals surface area contributed by atoms with Gasteiger partial charge in [0.05, 0.1) is 10.6 Å². The number of anilines is 1. The van der Waals surface area contributed by atoms with Gasteiger partial charge in [-0.3, -0.25) is 9.59 Å². The molecule has 7 heteroatoms. The maximum Gasteiger partial charge on any atom is 0.252 e. The monoisotopic (exact) mass is 361 g/mol. The quantitative estimate of drug-likeness (QED) is 0.698. The summed E-state index contributed by atoms with van der Waals surface area (Å²) in [6.07, 6.45) is 0. The highest BCUT2D eigenvalue weighted by Crippen LogP contribution is 2.21. The first-order valence-corrected chi connectivity index (χ1v) is 7.85. The van der Waals surface area contributed by atoms with E-state index in [4.69, 9.17) is 11.6 Å². The molecule has 130 valence electrons. The number of halogens is 2. The van der Waals surface area contributed by atoms with Gasteiger partial charge in [-0.05, 0) is 31.7 Å². The summed E-state index contributed by atoms with van der Waals surface area (Å²) in [6.45, 7) is 8.96. The van der Waals surface area contributed by atoms with Crippen molar-refractivity contribution in [2.45, 2.75) is 33.7 Å². The molecule has 2 amide bonds. The molecule has 1 atom stereocenters. The molecule has 0 spiro atoms. The fraction of sp³-hybridized carbons (Fsp3) is 0.500. The van der Waals surface area contributed by atoms with E-state index in [1.807, 2.05) is 13.8 Å². The van der Waals surface area contributed by atoms with Crippen LogP contribution in [0.3, 0.4) is 0 Å². The summed E-state index contributed by atoms with van der Waals surface area (Å²) in [4.78, 5) is 23.9. The van der Waals surface area contributed by atoms with Crippen molar-refractivity contribution in [1.29, 1.82) is 0 Å². The van der Waals surface area contributed by atoms with Crippen LogP contribution in [0.2, 0.25) is 5.02 Å². The minimum absolute atomic E-state index is 0. The largest absolute Gasteiger partial charge is 0.350 e. The molecule has 0 saturated carbocycles. The van der Waals surface area contributed by atoms with Crippen molar-refractivity contribution in [2.24, 2.45) is 5.92 Å². The van der Waals surface area contributed by atoms with E-state index in [1.54, 1.807) is 32.0 Å². The lowest BCUT2D eigenvalue weighted by Gasteiger charge is -2.14. The van der Waals surface area contributed by atoms with Crippen molar-refractivity contribution in [3.8, 4) is 0 Å². The number of hydrogen-bond donors (Lipinski definition) is 3. The van der Waals surface area contributed by atoms with Crippen LogP contribution in [-0.4, -0.2) is 30.9 Å². The van der Waals surface area contributed by atoms with Gasteiger partial charge in [0.15, 0.2) is 0 Å². The van der Waals surface area contributed by atoms with E-state index in [0.29, 0.717) is 22.8 Å². The van der Waals surface area contributed by atoms with Gasteiger partial charge in [0.2, 0.25) is 5.91 Å². The molecule has 1 rings (SSSR count). The Kier molecular flexibility index (Phi) is 9.88. The zero-order valence-electron chi connectivity index (χ0n) is 13.9. The van der Waals surface area contributed by atoms with E-state index in [2.05, 4.69) is 16.0 Å². The molecule has 0 aromatic heterocycles. The van der Waals surface area contributed by atoms with Crippen LogP contribution in [0.15, 0.2) is 18.2 Å². The Balaban J connectivity index is 0.00000484. The fourth-order valence-electron chi connectivity index (χ4n) is 1.83. The van der Waals surface area contributed by atoms with Crippen molar-refractivity contribution < 1.29 is 9.59 Å². The van der Waals surface area contributed by atoms with Gasteiger partial charge >= 0.3 is 0 Å². The second kappa shape index (κ2) is 10.5. The zero-order valence-corrected chi connectivity index (χ0v) is 15.5. The van der Waals surface area contributed by atoms with Crippen LogP contribution >= 0.6 is 24.0 Å². The van der Waals surface area contributed by atoms with Crippen LogP contribution < -0.4 is 16.0 Å². The first kappa shape index (κ1) is 21.7. The van der Waals surface area contributed by atoms with Gasteiger partial charge in [-0.1, -0.05) is 32.4 Å². The minimum atomic E-state index is -0.254. The van der Waals surface area contributed by atoms with Crippen molar-refractivity contribution in [2.75, 3.05) is 18.4 Å². The first-order valence-electron chi connectivity index (χ1n) is 7.47. The Bertz CT molecular complexity index is 536. The maximum absolute atomic E-state index is 12.2.